The first-order valence-electron chi connectivity index (χ1n) is 9.25. The largest absolute Gasteiger partial charge is 0.488 e. The van der Waals surface area contributed by atoms with Gasteiger partial charge in [-0.1, -0.05) is 11.6 Å². The summed E-state index contributed by atoms with van der Waals surface area (Å²) in [6.45, 7) is -0.766. The summed E-state index contributed by atoms with van der Waals surface area (Å²) in [5, 5.41) is 10.7. The second-order valence-corrected chi connectivity index (χ2v) is 9.37. The van der Waals surface area contributed by atoms with Crippen LogP contribution in [0.5, 0.6) is 5.75 Å². The van der Waals surface area contributed by atoms with Gasteiger partial charge in [0.2, 0.25) is 0 Å². The summed E-state index contributed by atoms with van der Waals surface area (Å²) >= 11 is 5.85. The lowest BCUT2D eigenvalue weighted by Gasteiger charge is -2.35. The van der Waals surface area contributed by atoms with Crippen LogP contribution in [0.4, 0.5) is 8.78 Å². The Morgan fingerprint density at radius 3 is 2.52 bits per heavy atom. The summed E-state index contributed by atoms with van der Waals surface area (Å²) in [6, 6.07) is 4.65. The molecule has 0 fully saturated rings. The van der Waals surface area contributed by atoms with Gasteiger partial charge in [-0.15, -0.1) is 0 Å². The van der Waals surface area contributed by atoms with Crippen LogP contribution in [0.2, 0.25) is 5.02 Å². The molecule has 3 rings (SSSR count). The summed E-state index contributed by atoms with van der Waals surface area (Å²) in [5.74, 6) is -3.13. The van der Waals surface area contributed by atoms with Crippen LogP contribution in [0, 0.1) is 11.6 Å². The number of esters is 1. The van der Waals surface area contributed by atoms with E-state index in [2.05, 4.69) is 10.1 Å². The molecular weight excluding hydrogens is 456 g/mol. The lowest BCUT2D eigenvalue weighted by molar-refractivity contribution is -0.143. The van der Waals surface area contributed by atoms with Crippen molar-refractivity contribution in [2.75, 3.05) is 20.3 Å². The van der Waals surface area contributed by atoms with Gasteiger partial charge < -0.3 is 14.6 Å². The zero-order valence-corrected chi connectivity index (χ0v) is 17.9. The van der Waals surface area contributed by atoms with E-state index in [9.17, 15) is 27.1 Å². The number of rotatable bonds is 7. The van der Waals surface area contributed by atoms with Crippen molar-refractivity contribution in [2.45, 2.75) is 28.6 Å². The third-order valence-corrected chi connectivity index (χ3v) is 7.36. The molecule has 0 saturated heterocycles. The molecule has 0 aliphatic carbocycles. The van der Waals surface area contributed by atoms with E-state index in [1.54, 1.807) is 0 Å². The number of ether oxygens (including phenoxy) is 2. The minimum absolute atomic E-state index is 0.0879. The average Bonchev–Trinajstić information content (AvgIpc) is 2.75. The molecule has 31 heavy (non-hydrogen) atoms. The maximum absolute atomic E-state index is 14.8. The highest BCUT2D eigenvalue weighted by Gasteiger charge is 2.45. The molecule has 1 aliphatic heterocycles. The number of aliphatic hydroxyl groups is 1. The monoisotopic (exact) mass is 475 g/mol. The molecule has 0 unspecified atom stereocenters. The van der Waals surface area contributed by atoms with Gasteiger partial charge in [-0.2, -0.15) is 0 Å². The summed E-state index contributed by atoms with van der Waals surface area (Å²) in [7, 11) is -3.16. The number of hydrogen-bond donors (Lipinski definition) is 2. The van der Waals surface area contributed by atoms with Gasteiger partial charge in [0.25, 0.3) is 0 Å². The molecule has 0 amide bonds. The number of fused-ring (bicyclic) bond motifs is 1. The minimum Gasteiger partial charge on any atom is -0.488 e. The maximum atomic E-state index is 14.8. The van der Waals surface area contributed by atoms with Gasteiger partial charge in [-0.25, -0.2) is 17.2 Å². The van der Waals surface area contributed by atoms with Crippen LogP contribution in [0.1, 0.15) is 17.2 Å². The number of aliphatic hydroxyl groups excluding tert-OH is 1. The second kappa shape index (κ2) is 9.47. The Bertz CT molecular complexity index is 1060. The topological polar surface area (TPSA) is 102 Å². The Labute approximate surface area is 182 Å². The normalized spacial score (nSPS) is 19.3. The van der Waals surface area contributed by atoms with Crippen molar-refractivity contribution in [1.82, 2.24) is 5.32 Å². The van der Waals surface area contributed by atoms with E-state index in [1.807, 2.05) is 0 Å². The fourth-order valence-electron chi connectivity index (χ4n) is 3.50. The first-order valence-corrected chi connectivity index (χ1v) is 11.2. The predicted molar refractivity (Wildman–Crippen MR) is 108 cm³/mol. The third-order valence-electron chi connectivity index (χ3n) is 4.95. The lowest BCUT2D eigenvalue weighted by Crippen LogP contribution is -2.52. The summed E-state index contributed by atoms with van der Waals surface area (Å²) in [5.41, 5.74) is -0.480. The van der Waals surface area contributed by atoms with Crippen molar-refractivity contribution >= 4 is 27.4 Å². The first kappa shape index (κ1) is 23.4. The highest BCUT2D eigenvalue weighted by molar-refractivity contribution is 7.91. The van der Waals surface area contributed by atoms with Crippen LogP contribution >= 0.6 is 11.6 Å². The van der Waals surface area contributed by atoms with Gasteiger partial charge in [-0.05, 0) is 42.8 Å². The molecule has 168 valence electrons. The van der Waals surface area contributed by atoms with Crippen molar-refractivity contribution < 1.29 is 36.6 Å². The average molecular weight is 476 g/mol. The van der Waals surface area contributed by atoms with Crippen molar-refractivity contribution in [2.24, 2.45) is 0 Å². The van der Waals surface area contributed by atoms with Crippen LogP contribution in [0.15, 0.2) is 41.3 Å². The van der Waals surface area contributed by atoms with Crippen LogP contribution in [0.3, 0.4) is 0 Å². The van der Waals surface area contributed by atoms with Crippen molar-refractivity contribution in [3.05, 3.63) is 58.6 Å². The zero-order chi connectivity index (χ0) is 22.8. The molecule has 7 nitrogen and oxygen atoms in total. The van der Waals surface area contributed by atoms with Crippen molar-refractivity contribution in [1.29, 1.82) is 0 Å². The molecule has 3 atom stereocenters. The Kier molecular flexibility index (Phi) is 7.15. The summed E-state index contributed by atoms with van der Waals surface area (Å²) in [6.07, 6.45) is -0.0879. The van der Waals surface area contributed by atoms with Gasteiger partial charge in [0.15, 0.2) is 21.4 Å². The van der Waals surface area contributed by atoms with Gasteiger partial charge in [-0.3, -0.25) is 10.1 Å². The molecule has 0 aromatic heterocycles. The molecule has 0 radical (unpaired) electrons. The number of carbonyl (C=O) groups is 1. The van der Waals surface area contributed by atoms with Gasteiger partial charge in [0, 0.05) is 11.6 Å². The zero-order valence-electron chi connectivity index (χ0n) is 16.3. The molecule has 2 aromatic rings. The highest BCUT2D eigenvalue weighted by atomic mass is 35.5. The Balaban J connectivity index is 2.14. The fourth-order valence-corrected chi connectivity index (χ4v) is 5.55. The van der Waals surface area contributed by atoms with Gasteiger partial charge >= 0.3 is 5.97 Å². The lowest BCUT2D eigenvalue weighted by atomic mass is 9.99. The summed E-state index contributed by atoms with van der Waals surface area (Å²) in [4.78, 5) is 11.9. The van der Waals surface area contributed by atoms with Crippen molar-refractivity contribution in [3.8, 4) is 5.75 Å². The Hall–Kier alpha value is -2.27. The number of hydrogen-bond acceptors (Lipinski definition) is 7. The number of nitrogens with one attached hydrogen (secondary N) is 1. The molecule has 2 N–H and O–H groups in total. The van der Waals surface area contributed by atoms with Crippen LogP contribution in [0.25, 0.3) is 0 Å². The molecule has 11 heteroatoms. The molecule has 1 heterocycles. The van der Waals surface area contributed by atoms with E-state index in [0.717, 1.165) is 19.2 Å². The molecule has 0 spiro atoms. The number of methoxy groups -OCH3 is 1. The Morgan fingerprint density at radius 2 is 1.90 bits per heavy atom. The molecular formula is C20H20ClF2NO6S. The van der Waals surface area contributed by atoms with Crippen LogP contribution in [-0.4, -0.2) is 51.9 Å². The predicted octanol–water partition coefficient (Wildman–Crippen LogP) is 2.41. The molecule has 1 aliphatic rings. The minimum atomic E-state index is -4.30. The van der Waals surface area contributed by atoms with E-state index >= 15 is 0 Å². The van der Waals surface area contributed by atoms with E-state index in [4.69, 9.17) is 16.3 Å². The van der Waals surface area contributed by atoms with Gasteiger partial charge in [0.1, 0.15) is 23.7 Å². The number of carbonyl (C=O) groups excluding carboxylic acids is 1. The van der Waals surface area contributed by atoms with E-state index in [1.165, 1.54) is 24.3 Å². The van der Waals surface area contributed by atoms with Crippen molar-refractivity contribution in [3.63, 3.8) is 0 Å². The molecule has 2 aromatic carbocycles. The SMILES string of the molecule is COC(=O)[C@@H](CCO)N[C@H]1COc2c(F)ccc(F)c2[C@@H]1S(=O)(=O)c1ccc(Cl)cc1. The first-order chi connectivity index (χ1) is 14.7. The second-order valence-electron chi connectivity index (χ2n) is 6.86. The third kappa shape index (κ3) is 4.67. The highest BCUT2D eigenvalue weighted by Crippen LogP contribution is 2.43. The van der Waals surface area contributed by atoms with E-state index in [-0.39, 0.29) is 17.9 Å². The van der Waals surface area contributed by atoms with Crippen LogP contribution < -0.4 is 10.1 Å². The molecule has 0 bridgehead atoms. The number of benzene rings is 2. The number of sulfone groups is 1. The standard InChI is InChI=1S/C20H20ClF2NO6S/c1-29-20(26)15(8-9-25)24-16-10-30-18-14(23)7-6-13(22)17(18)19(16)31(27,28)12-4-2-11(21)3-5-12/h2-7,15-16,19,24-25H,8-10H2,1H3/t15-,16+,19-/m1/s1. The molecule has 0 saturated carbocycles. The quantitative estimate of drug-likeness (QED) is 0.593. The maximum Gasteiger partial charge on any atom is 0.322 e. The van der Waals surface area contributed by atoms with E-state index < -0.39 is 62.7 Å². The van der Waals surface area contributed by atoms with E-state index in [0.29, 0.717) is 5.02 Å². The van der Waals surface area contributed by atoms with Crippen LogP contribution in [-0.2, 0) is 19.4 Å². The summed E-state index contributed by atoms with van der Waals surface area (Å²) < 4.78 is 66.2. The Morgan fingerprint density at radius 1 is 1.26 bits per heavy atom. The number of halogens is 3. The smallest absolute Gasteiger partial charge is 0.322 e. The fraction of sp³-hybridized carbons (Fsp3) is 0.350. The van der Waals surface area contributed by atoms with Gasteiger partial charge in [0.05, 0.1) is 23.6 Å².